The van der Waals surface area contributed by atoms with Crippen molar-refractivity contribution in [2.24, 2.45) is 0 Å². The fourth-order valence-corrected chi connectivity index (χ4v) is 11.4. The van der Waals surface area contributed by atoms with Crippen molar-refractivity contribution in [3.05, 3.63) is 223 Å². The number of benzene rings is 10. The van der Waals surface area contributed by atoms with E-state index in [0.29, 0.717) is 0 Å². The van der Waals surface area contributed by atoms with Gasteiger partial charge in [0.2, 0.25) is 0 Å². The van der Waals surface area contributed by atoms with Gasteiger partial charge in [-0.25, -0.2) is 0 Å². The first-order valence-electron chi connectivity index (χ1n) is 22.5. The molecule has 0 spiro atoms. The molecule has 0 unspecified atom stereocenters. The SMILES string of the molecule is CC1(C)c2ccccc2-c2cc3c4c(N(c5ccc(-c6ccccc6)cc5)c5cccc6oc7ccccc7c56)c5ccccc5c5c4n(c3cc21)-c1ccccc1N5c1ccccc1. The van der Waals surface area contributed by atoms with Gasteiger partial charge in [0.1, 0.15) is 11.2 Å². The van der Waals surface area contributed by atoms with Crippen LogP contribution in [-0.4, -0.2) is 4.57 Å². The fourth-order valence-electron chi connectivity index (χ4n) is 11.4. The average Bonchev–Trinajstić information content (AvgIpc) is 3.98. The normalized spacial score (nSPS) is 13.5. The van der Waals surface area contributed by atoms with Crippen LogP contribution in [0, 0.1) is 0 Å². The Kier molecular flexibility index (Phi) is 7.42. The van der Waals surface area contributed by atoms with Crippen molar-refractivity contribution in [3.8, 4) is 27.9 Å². The lowest BCUT2D eigenvalue weighted by atomic mass is 9.82. The second-order valence-electron chi connectivity index (χ2n) is 18.0. The zero-order chi connectivity index (χ0) is 43.0. The fraction of sp³-hybridized carbons (Fsp3) is 0.0492. The quantitative estimate of drug-likeness (QED) is 0.173. The van der Waals surface area contributed by atoms with Crippen LogP contribution in [0.1, 0.15) is 25.0 Å². The van der Waals surface area contributed by atoms with Crippen molar-refractivity contribution in [1.29, 1.82) is 0 Å². The van der Waals surface area contributed by atoms with E-state index in [0.717, 1.165) is 61.4 Å². The van der Waals surface area contributed by atoms with Crippen LogP contribution >= 0.6 is 0 Å². The summed E-state index contributed by atoms with van der Waals surface area (Å²) in [4.78, 5) is 5.03. The molecule has 0 saturated heterocycles. The minimum absolute atomic E-state index is 0.179. The summed E-state index contributed by atoms with van der Waals surface area (Å²) in [5.41, 5.74) is 19.5. The molecule has 2 aliphatic rings. The Morgan fingerprint density at radius 2 is 1.11 bits per heavy atom. The van der Waals surface area contributed by atoms with Gasteiger partial charge < -0.3 is 18.8 Å². The lowest BCUT2D eigenvalue weighted by Gasteiger charge is -2.36. The number of rotatable bonds is 5. The van der Waals surface area contributed by atoms with Crippen LogP contribution in [0.4, 0.5) is 34.1 Å². The van der Waals surface area contributed by atoms with Crippen molar-refractivity contribution in [3.63, 3.8) is 0 Å². The van der Waals surface area contributed by atoms with Gasteiger partial charge in [0.25, 0.3) is 0 Å². The third-order valence-electron chi connectivity index (χ3n) is 14.2. The van der Waals surface area contributed by atoms with Crippen LogP contribution in [-0.2, 0) is 5.41 Å². The second-order valence-corrected chi connectivity index (χ2v) is 18.0. The topological polar surface area (TPSA) is 24.6 Å². The van der Waals surface area contributed by atoms with Crippen molar-refractivity contribution in [1.82, 2.24) is 4.57 Å². The second kappa shape index (κ2) is 13.3. The summed E-state index contributed by atoms with van der Waals surface area (Å²) in [6, 6.07) is 77.7. The molecule has 10 aromatic carbocycles. The summed E-state index contributed by atoms with van der Waals surface area (Å²) in [7, 11) is 0. The van der Waals surface area contributed by atoms with Crippen LogP contribution in [0.2, 0.25) is 0 Å². The van der Waals surface area contributed by atoms with Gasteiger partial charge in [-0.1, -0.05) is 159 Å². The highest BCUT2D eigenvalue weighted by atomic mass is 16.3. The van der Waals surface area contributed by atoms with Crippen LogP contribution in [0.3, 0.4) is 0 Å². The van der Waals surface area contributed by atoms with Crippen LogP contribution in [0.25, 0.3) is 82.5 Å². The zero-order valence-corrected chi connectivity index (χ0v) is 36.0. The molecule has 2 aromatic heterocycles. The summed E-state index contributed by atoms with van der Waals surface area (Å²) >= 11 is 0. The third kappa shape index (κ3) is 4.97. The first-order chi connectivity index (χ1) is 32.0. The van der Waals surface area contributed by atoms with Crippen molar-refractivity contribution < 1.29 is 4.42 Å². The smallest absolute Gasteiger partial charge is 0.137 e. The maximum absolute atomic E-state index is 6.65. The molecule has 0 bridgehead atoms. The predicted molar refractivity (Wildman–Crippen MR) is 271 cm³/mol. The summed E-state index contributed by atoms with van der Waals surface area (Å²) in [6.45, 7) is 4.77. The van der Waals surface area contributed by atoms with E-state index in [4.69, 9.17) is 4.42 Å². The molecule has 14 rings (SSSR count). The van der Waals surface area contributed by atoms with Gasteiger partial charge in [0, 0.05) is 43.7 Å². The average molecular weight is 832 g/mol. The van der Waals surface area contributed by atoms with E-state index in [1.165, 1.54) is 66.3 Å². The summed E-state index contributed by atoms with van der Waals surface area (Å²) < 4.78 is 9.23. The monoisotopic (exact) mass is 831 g/mol. The van der Waals surface area contributed by atoms with Gasteiger partial charge in [-0.2, -0.15) is 0 Å². The minimum Gasteiger partial charge on any atom is -0.456 e. The minimum atomic E-state index is -0.179. The van der Waals surface area contributed by atoms with Gasteiger partial charge in [0.05, 0.1) is 44.9 Å². The molecular formula is C61H41N3O. The molecule has 4 heteroatoms. The van der Waals surface area contributed by atoms with Crippen molar-refractivity contribution >= 4 is 88.6 Å². The number of hydrogen-bond donors (Lipinski definition) is 0. The van der Waals surface area contributed by atoms with Gasteiger partial charge in [-0.05, 0) is 100 Å². The molecule has 1 aliphatic carbocycles. The molecule has 4 nitrogen and oxygen atoms in total. The molecule has 12 aromatic rings. The zero-order valence-electron chi connectivity index (χ0n) is 36.0. The Labute approximate surface area is 376 Å². The van der Waals surface area contributed by atoms with E-state index < -0.39 is 0 Å². The van der Waals surface area contributed by atoms with Gasteiger partial charge in [-0.15, -0.1) is 0 Å². The first kappa shape index (κ1) is 36.2. The molecular weight excluding hydrogens is 791 g/mol. The number of nitrogens with zero attached hydrogens (tertiary/aromatic N) is 3. The van der Waals surface area contributed by atoms with E-state index in [1.54, 1.807) is 0 Å². The lowest BCUT2D eigenvalue weighted by Crippen LogP contribution is -2.19. The van der Waals surface area contributed by atoms with E-state index in [2.05, 4.69) is 241 Å². The standard InChI is InChI=1S/C61H41N3O/c1-61(2)48-26-13-11-22-42(48)46-36-47-53(37-49(46)61)64-51-28-15-14-27-50(51)62(40-20-7-4-8-21-40)59-44-24-10-9-23-43(44)58(57(47)60(59)64)63(41-34-32-39(33-35-41)38-18-5-3-6-19-38)52-29-17-31-55-56(52)45-25-12-16-30-54(45)65-55/h3-37H,1-2H3. The Morgan fingerprint density at radius 3 is 1.92 bits per heavy atom. The number of furan rings is 1. The van der Waals surface area contributed by atoms with Gasteiger partial charge in [0.15, 0.2) is 0 Å². The molecule has 1 aliphatic heterocycles. The highest BCUT2D eigenvalue weighted by Gasteiger charge is 2.39. The summed E-state index contributed by atoms with van der Waals surface area (Å²) in [5, 5.41) is 6.92. The van der Waals surface area contributed by atoms with Crippen LogP contribution in [0.15, 0.2) is 217 Å². The summed E-state index contributed by atoms with van der Waals surface area (Å²) in [5.74, 6) is 0. The molecule has 0 fully saturated rings. The Balaban J connectivity index is 1.20. The predicted octanol–water partition coefficient (Wildman–Crippen LogP) is 17.1. The maximum Gasteiger partial charge on any atom is 0.137 e. The Hall–Kier alpha value is -8.34. The molecule has 0 amide bonds. The van der Waals surface area contributed by atoms with Crippen LogP contribution < -0.4 is 9.80 Å². The molecule has 65 heavy (non-hydrogen) atoms. The highest BCUT2D eigenvalue weighted by molar-refractivity contribution is 6.32. The third-order valence-corrected chi connectivity index (χ3v) is 14.2. The van der Waals surface area contributed by atoms with E-state index in [9.17, 15) is 0 Å². The first-order valence-corrected chi connectivity index (χ1v) is 22.5. The maximum atomic E-state index is 6.65. The Morgan fingerprint density at radius 1 is 0.462 bits per heavy atom. The van der Waals surface area contributed by atoms with Crippen molar-refractivity contribution in [2.75, 3.05) is 9.80 Å². The number of hydrogen-bond acceptors (Lipinski definition) is 3. The van der Waals surface area contributed by atoms with E-state index in [1.807, 2.05) is 0 Å². The number of fused-ring (bicyclic) bond motifs is 13. The van der Waals surface area contributed by atoms with Gasteiger partial charge in [-0.3, -0.25) is 0 Å². The van der Waals surface area contributed by atoms with E-state index >= 15 is 0 Å². The molecule has 0 atom stereocenters. The highest BCUT2D eigenvalue weighted by Crippen LogP contribution is 2.60. The van der Waals surface area contributed by atoms with E-state index in [-0.39, 0.29) is 5.41 Å². The van der Waals surface area contributed by atoms with Crippen LogP contribution in [0.5, 0.6) is 0 Å². The summed E-state index contributed by atoms with van der Waals surface area (Å²) in [6.07, 6.45) is 0. The number of aromatic nitrogens is 1. The van der Waals surface area contributed by atoms with Crippen molar-refractivity contribution in [2.45, 2.75) is 19.3 Å². The molecule has 0 radical (unpaired) electrons. The lowest BCUT2D eigenvalue weighted by molar-refractivity contribution is 0.661. The Bertz CT molecular complexity index is 3920. The number of anilines is 6. The molecule has 0 saturated carbocycles. The molecule has 306 valence electrons. The van der Waals surface area contributed by atoms with Gasteiger partial charge >= 0.3 is 0 Å². The largest absolute Gasteiger partial charge is 0.456 e. The molecule has 3 heterocycles. The molecule has 0 N–H and O–H groups in total. The number of para-hydroxylation sites is 4.